The van der Waals surface area contributed by atoms with Crippen molar-refractivity contribution in [3.8, 4) is 0 Å². The molecule has 0 spiro atoms. The number of aromatic nitrogens is 2. The zero-order valence-electron chi connectivity index (χ0n) is 15.5. The molecule has 0 N–H and O–H groups in total. The van der Waals surface area contributed by atoms with Crippen LogP contribution in [-0.2, 0) is 16.0 Å². The molecule has 2 atom stereocenters. The number of halogens is 1. The van der Waals surface area contributed by atoms with E-state index in [2.05, 4.69) is 10.00 Å². The number of likely N-dealkylation sites (tertiary alicyclic amines) is 1. The molecule has 1 aromatic heterocycles. The number of rotatable bonds is 7. The van der Waals surface area contributed by atoms with Crippen LogP contribution in [0.15, 0.2) is 10.9 Å². The summed E-state index contributed by atoms with van der Waals surface area (Å²) in [5.74, 6) is -0.244. The fraction of sp³-hybridized carbons (Fsp3) is 0.722. The minimum atomic E-state index is -0.752. The molecule has 2 unspecified atom stereocenters. The second-order valence-corrected chi connectivity index (χ2v) is 7.16. The number of carbonyl (C=O) groups is 1. The number of nitrogens with zero attached hydrogens (tertiary/aromatic N) is 3. The summed E-state index contributed by atoms with van der Waals surface area (Å²) in [6.07, 6.45) is 0.925. The van der Waals surface area contributed by atoms with Gasteiger partial charge in [0.05, 0.1) is 12.8 Å². The molecule has 0 radical (unpaired) electrons. The average Bonchev–Trinajstić information content (AvgIpc) is 2.96. The Hall–Kier alpha value is -1.76. The minimum absolute atomic E-state index is 0.216. The predicted octanol–water partition coefficient (Wildman–Crippen LogP) is 1.90. The molecule has 0 bridgehead atoms. The van der Waals surface area contributed by atoms with Crippen molar-refractivity contribution in [3.63, 3.8) is 0 Å². The van der Waals surface area contributed by atoms with Gasteiger partial charge in [0.2, 0.25) is 0 Å². The van der Waals surface area contributed by atoms with Gasteiger partial charge in [0.15, 0.2) is 6.04 Å². The summed E-state index contributed by atoms with van der Waals surface area (Å²) in [5.41, 5.74) is 1.26. The Morgan fingerprint density at radius 3 is 2.76 bits per heavy atom. The maximum Gasteiger partial charge on any atom is 0.330 e. The molecule has 0 amide bonds. The van der Waals surface area contributed by atoms with Crippen LogP contribution < -0.4 is 5.56 Å². The summed E-state index contributed by atoms with van der Waals surface area (Å²) in [5, 5.41) is 4.46. The second-order valence-electron chi connectivity index (χ2n) is 7.16. The Kier molecular flexibility index (Phi) is 6.70. The van der Waals surface area contributed by atoms with Crippen molar-refractivity contribution in [3.05, 3.63) is 27.7 Å². The summed E-state index contributed by atoms with van der Waals surface area (Å²) >= 11 is 0. The van der Waals surface area contributed by atoms with Crippen molar-refractivity contribution in [2.24, 2.45) is 5.92 Å². The SMILES string of the molecule is COC(=O)C(CC(C)C)n1nc(CCN2CCC(F)C2)c(C)cc1=O. The molecule has 0 aromatic carbocycles. The van der Waals surface area contributed by atoms with Gasteiger partial charge in [-0.25, -0.2) is 13.9 Å². The van der Waals surface area contributed by atoms with E-state index in [9.17, 15) is 14.0 Å². The van der Waals surface area contributed by atoms with Gasteiger partial charge in [0, 0.05) is 32.1 Å². The zero-order chi connectivity index (χ0) is 18.6. The van der Waals surface area contributed by atoms with Crippen molar-refractivity contribution in [2.45, 2.75) is 52.2 Å². The second kappa shape index (κ2) is 8.56. The van der Waals surface area contributed by atoms with Crippen molar-refractivity contribution in [1.82, 2.24) is 14.7 Å². The molecule has 0 aliphatic carbocycles. The third kappa shape index (κ3) is 5.11. The van der Waals surface area contributed by atoms with Crippen LogP contribution in [0.2, 0.25) is 0 Å². The lowest BCUT2D eigenvalue weighted by Crippen LogP contribution is -2.35. The van der Waals surface area contributed by atoms with Gasteiger partial charge in [-0.15, -0.1) is 0 Å². The molecule has 2 heterocycles. The molecule has 0 saturated carbocycles. The molecule has 1 saturated heterocycles. The Bertz CT molecular complexity index is 659. The topological polar surface area (TPSA) is 64.4 Å². The van der Waals surface area contributed by atoms with Gasteiger partial charge in [-0.2, -0.15) is 5.10 Å². The van der Waals surface area contributed by atoms with Crippen LogP contribution in [0.3, 0.4) is 0 Å². The number of hydrogen-bond acceptors (Lipinski definition) is 5. The highest BCUT2D eigenvalue weighted by Crippen LogP contribution is 2.18. The van der Waals surface area contributed by atoms with Gasteiger partial charge >= 0.3 is 5.97 Å². The summed E-state index contributed by atoms with van der Waals surface area (Å²) in [6.45, 7) is 7.70. The maximum atomic E-state index is 13.3. The van der Waals surface area contributed by atoms with E-state index in [0.29, 0.717) is 32.4 Å². The average molecular weight is 353 g/mol. The van der Waals surface area contributed by atoms with Crippen LogP contribution in [0, 0.1) is 12.8 Å². The lowest BCUT2D eigenvalue weighted by Gasteiger charge is -2.20. The summed E-state index contributed by atoms with van der Waals surface area (Å²) in [7, 11) is 1.32. The van der Waals surface area contributed by atoms with E-state index in [4.69, 9.17) is 4.74 Å². The van der Waals surface area contributed by atoms with Crippen molar-refractivity contribution < 1.29 is 13.9 Å². The highest BCUT2D eigenvalue weighted by atomic mass is 19.1. The molecular formula is C18H28FN3O3. The third-order valence-electron chi connectivity index (χ3n) is 4.59. The molecule has 7 heteroatoms. The van der Waals surface area contributed by atoms with Gasteiger partial charge in [0.25, 0.3) is 5.56 Å². The van der Waals surface area contributed by atoms with Crippen molar-refractivity contribution in [1.29, 1.82) is 0 Å². The quantitative estimate of drug-likeness (QED) is 0.701. The van der Waals surface area contributed by atoms with Crippen LogP contribution >= 0.6 is 0 Å². The Morgan fingerprint density at radius 1 is 1.48 bits per heavy atom. The number of carbonyl (C=O) groups excluding carboxylic acids is 1. The van der Waals surface area contributed by atoms with Crippen LogP contribution in [0.4, 0.5) is 4.39 Å². The van der Waals surface area contributed by atoms with Gasteiger partial charge < -0.3 is 4.74 Å². The van der Waals surface area contributed by atoms with Gasteiger partial charge in [-0.3, -0.25) is 9.69 Å². The highest BCUT2D eigenvalue weighted by molar-refractivity contribution is 5.73. The first-order valence-corrected chi connectivity index (χ1v) is 8.85. The first-order chi connectivity index (χ1) is 11.8. The Labute approximate surface area is 148 Å². The summed E-state index contributed by atoms with van der Waals surface area (Å²) in [6, 6.07) is 0.791. The summed E-state index contributed by atoms with van der Waals surface area (Å²) in [4.78, 5) is 26.6. The normalized spacial score (nSPS) is 19.4. The number of methoxy groups -OCH3 is 1. The molecule has 1 aliphatic heterocycles. The lowest BCUT2D eigenvalue weighted by molar-refractivity contribution is -0.145. The van der Waals surface area contributed by atoms with Gasteiger partial charge in [-0.05, 0) is 31.2 Å². The number of aryl methyl sites for hydroxylation is 1. The van der Waals surface area contributed by atoms with Crippen LogP contribution in [0.1, 0.15) is 44.0 Å². The number of esters is 1. The van der Waals surface area contributed by atoms with E-state index in [1.54, 1.807) is 0 Å². The van der Waals surface area contributed by atoms with Crippen LogP contribution in [0.5, 0.6) is 0 Å². The van der Waals surface area contributed by atoms with E-state index in [1.165, 1.54) is 17.9 Å². The summed E-state index contributed by atoms with van der Waals surface area (Å²) < 4.78 is 19.4. The third-order valence-corrected chi connectivity index (χ3v) is 4.59. The van der Waals surface area contributed by atoms with E-state index < -0.39 is 18.2 Å². The van der Waals surface area contributed by atoms with Crippen LogP contribution in [-0.4, -0.2) is 53.6 Å². The first kappa shape index (κ1) is 19.6. The molecule has 1 aliphatic rings. The van der Waals surface area contributed by atoms with Gasteiger partial charge in [0.1, 0.15) is 6.17 Å². The lowest BCUT2D eigenvalue weighted by atomic mass is 10.0. The fourth-order valence-electron chi connectivity index (χ4n) is 3.19. The van der Waals surface area contributed by atoms with E-state index in [-0.39, 0.29) is 11.5 Å². The highest BCUT2D eigenvalue weighted by Gasteiger charge is 2.26. The fourth-order valence-corrected chi connectivity index (χ4v) is 3.19. The molecular weight excluding hydrogens is 325 g/mol. The monoisotopic (exact) mass is 353 g/mol. The Balaban J connectivity index is 2.22. The molecule has 1 fully saturated rings. The van der Waals surface area contributed by atoms with Crippen molar-refractivity contribution in [2.75, 3.05) is 26.7 Å². The van der Waals surface area contributed by atoms with E-state index in [0.717, 1.165) is 17.8 Å². The Morgan fingerprint density at radius 2 is 2.20 bits per heavy atom. The van der Waals surface area contributed by atoms with E-state index in [1.807, 2.05) is 20.8 Å². The van der Waals surface area contributed by atoms with Gasteiger partial charge in [-0.1, -0.05) is 13.8 Å². The predicted molar refractivity (Wildman–Crippen MR) is 93.4 cm³/mol. The molecule has 2 rings (SSSR count). The van der Waals surface area contributed by atoms with Crippen molar-refractivity contribution >= 4 is 5.97 Å². The molecule has 25 heavy (non-hydrogen) atoms. The smallest absolute Gasteiger partial charge is 0.330 e. The number of alkyl halides is 1. The first-order valence-electron chi connectivity index (χ1n) is 8.85. The van der Waals surface area contributed by atoms with E-state index >= 15 is 0 Å². The zero-order valence-corrected chi connectivity index (χ0v) is 15.5. The standard InChI is InChI=1S/C18H28FN3O3/c1-12(2)9-16(18(24)25-4)22-17(23)10-13(3)15(20-22)6-8-21-7-5-14(19)11-21/h10,12,14,16H,5-9,11H2,1-4H3. The number of hydrogen-bond donors (Lipinski definition) is 0. The number of ether oxygens (including phenoxy) is 1. The minimum Gasteiger partial charge on any atom is -0.467 e. The molecule has 140 valence electrons. The maximum absolute atomic E-state index is 13.3. The molecule has 6 nitrogen and oxygen atoms in total. The molecule has 1 aromatic rings. The van der Waals surface area contributed by atoms with Crippen LogP contribution in [0.25, 0.3) is 0 Å². The largest absolute Gasteiger partial charge is 0.467 e.